The van der Waals surface area contributed by atoms with Crippen molar-refractivity contribution >= 4 is 44.8 Å². The molecule has 0 spiro atoms. The first-order chi connectivity index (χ1) is 16.8. The molecule has 1 fully saturated rings. The molecule has 35 heavy (non-hydrogen) atoms. The van der Waals surface area contributed by atoms with Gasteiger partial charge in [-0.25, -0.2) is 18.1 Å². The van der Waals surface area contributed by atoms with Crippen LogP contribution < -0.4 is 4.90 Å². The van der Waals surface area contributed by atoms with Crippen LogP contribution >= 0.6 is 11.3 Å². The SMILES string of the molecule is CCOC(=O)c1ccc(N2C(=O)CC(N(C(C)c3ccccc3)S(=O)(=O)c3cccs3)C2=O)cc1. The van der Waals surface area contributed by atoms with Crippen molar-refractivity contribution in [2.45, 2.75) is 36.6 Å². The molecule has 1 aromatic heterocycles. The Morgan fingerprint density at radius 1 is 1.09 bits per heavy atom. The Morgan fingerprint density at radius 3 is 2.37 bits per heavy atom. The summed E-state index contributed by atoms with van der Waals surface area (Å²) in [6, 6.07) is 16.1. The second-order valence-corrected chi connectivity index (χ2v) is 10.9. The molecule has 0 bridgehead atoms. The maximum absolute atomic E-state index is 13.7. The van der Waals surface area contributed by atoms with E-state index in [1.165, 1.54) is 30.3 Å². The molecule has 0 saturated carbocycles. The molecule has 182 valence electrons. The van der Waals surface area contributed by atoms with Crippen LogP contribution in [0.5, 0.6) is 0 Å². The van der Waals surface area contributed by atoms with Crippen molar-refractivity contribution in [2.24, 2.45) is 0 Å². The highest BCUT2D eigenvalue weighted by Gasteiger charge is 2.49. The van der Waals surface area contributed by atoms with Crippen LogP contribution in [0.15, 0.2) is 76.3 Å². The number of amides is 2. The number of hydrogen-bond donors (Lipinski definition) is 0. The van der Waals surface area contributed by atoms with Gasteiger partial charge in [0.2, 0.25) is 5.91 Å². The minimum absolute atomic E-state index is 0.0952. The van der Waals surface area contributed by atoms with Gasteiger partial charge in [0.15, 0.2) is 0 Å². The maximum Gasteiger partial charge on any atom is 0.338 e. The van der Waals surface area contributed by atoms with Crippen molar-refractivity contribution < 1.29 is 27.5 Å². The van der Waals surface area contributed by atoms with Crippen molar-refractivity contribution in [2.75, 3.05) is 11.5 Å². The van der Waals surface area contributed by atoms with E-state index in [0.29, 0.717) is 5.56 Å². The fourth-order valence-corrected chi connectivity index (χ4v) is 6.94. The highest BCUT2D eigenvalue weighted by Crippen LogP contribution is 2.36. The number of sulfonamides is 1. The van der Waals surface area contributed by atoms with E-state index in [9.17, 15) is 22.8 Å². The zero-order valence-corrected chi connectivity index (χ0v) is 20.8. The van der Waals surface area contributed by atoms with Crippen molar-refractivity contribution in [3.05, 3.63) is 83.2 Å². The molecule has 3 aromatic rings. The molecule has 1 aliphatic heterocycles. The number of thiophene rings is 1. The van der Waals surface area contributed by atoms with Gasteiger partial charge in [-0.1, -0.05) is 36.4 Å². The summed E-state index contributed by atoms with van der Waals surface area (Å²) in [4.78, 5) is 39.4. The van der Waals surface area contributed by atoms with Gasteiger partial charge in [0.25, 0.3) is 15.9 Å². The highest BCUT2D eigenvalue weighted by molar-refractivity contribution is 7.91. The molecule has 2 amide bonds. The predicted octanol–water partition coefficient (Wildman–Crippen LogP) is 4.01. The Balaban J connectivity index is 1.70. The third-order valence-corrected chi connectivity index (χ3v) is 9.11. The number of esters is 1. The van der Waals surface area contributed by atoms with E-state index < -0.39 is 39.9 Å². The molecule has 2 atom stereocenters. The third-order valence-electron chi connectivity index (χ3n) is 5.76. The topological polar surface area (TPSA) is 101 Å². The zero-order valence-electron chi connectivity index (χ0n) is 19.2. The highest BCUT2D eigenvalue weighted by atomic mass is 32.2. The van der Waals surface area contributed by atoms with E-state index >= 15 is 0 Å². The van der Waals surface area contributed by atoms with Crippen LogP contribution in [0, 0.1) is 0 Å². The summed E-state index contributed by atoms with van der Waals surface area (Å²) < 4.78 is 33.6. The number of carbonyl (C=O) groups excluding carboxylic acids is 3. The summed E-state index contributed by atoms with van der Waals surface area (Å²) in [6.07, 6.45) is -0.291. The predicted molar refractivity (Wildman–Crippen MR) is 131 cm³/mol. The number of rotatable bonds is 8. The molecule has 2 unspecified atom stereocenters. The molecule has 0 radical (unpaired) electrons. The Kier molecular flexibility index (Phi) is 7.15. The van der Waals surface area contributed by atoms with Gasteiger partial charge in [0.1, 0.15) is 10.3 Å². The summed E-state index contributed by atoms with van der Waals surface area (Å²) in [5.41, 5.74) is 1.24. The zero-order chi connectivity index (χ0) is 25.2. The lowest BCUT2D eigenvalue weighted by atomic mass is 10.1. The summed E-state index contributed by atoms with van der Waals surface area (Å²) in [6.45, 7) is 3.62. The van der Waals surface area contributed by atoms with Gasteiger partial charge in [0, 0.05) is 6.04 Å². The number of hydrogen-bond acceptors (Lipinski definition) is 7. The van der Waals surface area contributed by atoms with E-state index in [-0.39, 0.29) is 28.5 Å². The van der Waals surface area contributed by atoms with Gasteiger partial charge in [0.05, 0.1) is 24.3 Å². The van der Waals surface area contributed by atoms with Crippen molar-refractivity contribution in [1.82, 2.24) is 4.31 Å². The normalized spacial score (nSPS) is 17.1. The summed E-state index contributed by atoms with van der Waals surface area (Å²) in [5, 5.41) is 1.65. The van der Waals surface area contributed by atoms with Crippen LogP contribution in [0.2, 0.25) is 0 Å². The first-order valence-electron chi connectivity index (χ1n) is 11.0. The van der Waals surface area contributed by atoms with Crippen LogP contribution in [0.1, 0.15) is 42.2 Å². The average molecular weight is 513 g/mol. The first kappa shape index (κ1) is 24.8. The van der Waals surface area contributed by atoms with E-state index in [4.69, 9.17) is 4.74 Å². The van der Waals surface area contributed by atoms with Crippen LogP contribution in [-0.2, 0) is 24.3 Å². The summed E-state index contributed by atoms with van der Waals surface area (Å²) >= 11 is 1.05. The Morgan fingerprint density at radius 2 is 1.77 bits per heavy atom. The van der Waals surface area contributed by atoms with Gasteiger partial charge in [-0.15, -0.1) is 11.3 Å². The van der Waals surface area contributed by atoms with Crippen LogP contribution in [0.4, 0.5) is 5.69 Å². The average Bonchev–Trinajstić information content (AvgIpc) is 3.49. The molecule has 0 aliphatic carbocycles. The lowest BCUT2D eigenvalue weighted by Gasteiger charge is -2.32. The summed E-state index contributed by atoms with van der Waals surface area (Å²) in [7, 11) is -4.08. The molecule has 8 nitrogen and oxygen atoms in total. The van der Waals surface area contributed by atoms with E-state index in [0.717, 1.165) is 20.5 Å². The molecule has 2 heterocycles. The molecule has 2 aromatic carbocycles. The van der Waals surface area contributed by atoms with Gasteiger partial charge in [-0.3, -0.25) is 9.59 Å². The van der Waals surface area contributed by atoms with Crippen LogP contribution in [-0.4, -0.2) is 43.2 Å². The number of benzene rings is 2. The van der Waals surface area contributed by atoms with Crippen molar-refractivity contribution in [3.8, 4) is 0 Å². The van der Waals surface area contributed by atoms with E-state index in [1.807, 2.05) is 6.07 Å². The first-order valence-corrected chi connectivity index (χ1v) is 13.3. The fraction of sp³-hybridized carbons (Fsp3) is 0.240. The monoisotopic (exact) mass is 512 g/mol. The smallest absolute Gasteiger partial charge is 0.338 e. The number of imide groups is 1. The fourth-order valence-electron chi connectivity index (χ4n) is 4.09. The van der Waals surface area contributed by atoms with E-state index in [1.54, 1.807) is 49.6 Å². The minimum Gasteiger partial charge on any atom is -0.462 e. The van der Waals surface area contributed by atoms with E-state index in [2.05, 4.69) is 0 Å². The van der Waals surface area contributed by atoms with Crippen molar-refractivity contribution in [1.29, 1.82) is 0 Å². The second-order valence-electron chi connectivity index (χ2n) is 7.91. The van der Waals surface area contributed by atoms with Crippen molar-refractivity contribution in [3.63, 3.8) is 0 Å². The molecule has 1 saturated heterocycles. The molecular weight excluding hydrogens is 488 g/mol. The maximum atomic E-state index is 13.7. The number of carbonyl (C=O) groups is 3. The lowest BCUT2D eigenvalue weighted by molar-refractivity contribution is -0.122. The standard InChI is InChI=1S/C25H24N2O6S2/c1-3-33-25(30)19-11-13-20(14-12-19)26-22(28)16-21(24(26)29)27(17(2)18-8-5-4-6-9-18)35(31,32)23-10-7-15-34-23/h4-15,17,21H,3,16H2,1-2H3. The second kappa shape index (κ2) is 10.1. The molecule has 10 heteroatoms. The molecule has 0 N–H and O–H groups in total. The third kappa shape index (κ3) is 4.77. The molecular formula is C25H24N2O6S2. The lowest BCUT2D eigenvalue weighted by Crippen LogP contribution is -2.46. The quantitative estimate of drug-likeness (QED) is 0.334. The van der Waals surface area contributed by atoms with Crippen LogP contribution in [0.3, 0.4) is 0 Å². The van der Waals surface area contributed by atoms with Gasteiger partial charge in [-0.05, 0) is 55.1 Å². The van der Waals surface area contributed by atoms with Gasteiger partial charge in [-0.2, -0.15) is 4.31 Å². The van der Waals surface area contributed by atoms with Gasteiger partial charge < -0.3 is 4.74 Å². The number of ether oxygens (including phenoxy) is 1. The number of nitrogens with zero attached hydrogens (tertiary/aromatic N) is 2. The Bertz CT molecular complexity index is 1320. The molecule has 1 aliphatic rings. The minimum atomic E-state index is -4.08. The Labute approximate surface area is 207 Å². The van der Waals surface area contributed by atoms with Crippen LogP contribution in [0.25, 0.3) is 0 Å². The number of anilines is 1. The van der Waals surface area contributed by atoms with Gasteiger partial charge >= 0.3 is 5.97 Å². The summed E-state index contributed by atoms with van der Waals surface area (Å²) in [5.74, 6) is -1.67. The largest absolute Gasteiger partial charge is 0.462 e. The Hall–Kier alpha value is -3.34. The molecule has 4 rings (SSSR count).